The van der Waals surface area contributed by atoms with Crippen molar-refractivity contribution < 1.29 is 0 Å². The lowest BCUT2D eigenvalue weighted by Crippen LogP contribution is -2.09. The number of nitrogens with zero attached hydrogens (tertiary/aromatic N) is 2. The molecule has 0 radical (unpaired) electrons. The Morgan fingerprint density at radius 1 is 1.44 bits per heavy atom. The molecule has 0 spiro atoms. The van der Waals surface area contributed by atoms with Gasteiger partial charge in [-0.15, -0.1) is 0 Å². The molecule has 2 rings (SSSR count). The van der Waals surface area contributed by atoms with Gasteiger partial charge in [0, 0.05) is 23.3 Å². The minimum Gasteiger partial charge on any atom is -0.389 e. The van der Waals surface area contributed by atoms with Crippen LogP contribution in [0.4, 0.5) is 11.4 Å². The van der Waals surface area contributed by atoms with Crippen molar-refractivity contribution in [3.05, 3.63) is 40.1 Å². The Labute approximate surface area is 119 Å². The quantitative estimate of drug-likeness (QED) is 0.852. The zero-order chi connectivity index (χ0) is 13.3. The van der Waals surface area contributed by atoms with Crippen molar-refractivity contribution in [2.45, 2.75) is 6.92 Å². The molecule has 18 heavy (non-hydrogen) atoms. The first kappa shape index (κ1) is 13.0. The summed E-state index contributed by atoms with van der Waals surface area (Å²) >= 11 is 8.44. The third kappa shape index (κ3) is 2.70. The number of halogens is 1. The number of thiocarbonyl (C=S) groups is 1. The summed E-state index contributed by atoms with van der Waals surface area (Å²) in [5, 5.41) is 7.59. The van der Waals surface area contributed by atoms with Crippen molar-refractivity contribution >= 4 is 44.5 Å². The second-order valence-electron chi connectivity index (χ2n) is 3.99. The number of hydrogen-bond donors (Lipinski definition) is 2. The molecule has 0 fully saturated rings. The summed E-state index contributed by atoms with van der Waals surface area (Å²) in [6, 6.07) is 5.72. The van der Waals surface area contributed by atoms with Crippen LogP contribution >= 0.6 is 28.1 Å². The summed E-state index contributed by atoms with van der Waals surface area (Å²) < 4.78 is 2.69. The highest BCUT2D eigenvalue weighted by atomic mass is 79.9. The Hall–Kier alpha value is -1.40. The summed E-state index contributed by atoms with van der Waals surface area (Å²) in [5.41, 5.74) is 9.30. The predicted molar refractivity (Wildman–Crippen MR) is 81.3 cm³/mol. The predicted octanol–water partition coefficient (Wildman–Crippen LogP) is 2.87. The van der Waals surface area contributed by atoms with Gasteiger partial charge < -0.3 is 11.1 Å². The molecule has 0 saturated heterocycles. The highest BCUT2D eigenvalue weighted by Crippen LogP contribution is 2.28. The lowest BCUT2D eigenvalue weighted by molar-refractivity contribution is 0.756. The van der Waals surface area contributed by atoms with Crippen molar-refractivity contribution in [3.8, 4) is 0 Å². The van der Waals surface area contributed by atoms with E-state index in [0.29, 0.717) is 4.99 Å². The summed E-state index contributed by atoms with van der Waals surface area (Å²) in [4.78, 5) is 0.389. The van der Waals surface area contributed by atoms with Gasteiger partial charge in [-0.1, -0.05) is 12.2 Å². The Bertz CT molecular complexity index is 606. The molecule has 1 aromatic carbocycles. The van der Waals surface area contributed by atoms with E-state index in [9.17, 15) is 0 Å². The van der Waals surface area contributed by atoms with Gasteiger partial charge in [0.25, 0.3) is 0 Å². The van der Waals surface area contributed by atoms with Crippen molar-refractivity contribution in [1.82, 2.24) is 9.78 Å². The number of aryl methyl sites for hydroxylation is 2. The third-order valence-corrected chi connectivity index (χ3v) is 3.43. The monoisotopic (exact) mass is 324 g/mol. The fourth-order valence-corrected chi connectivity index (χ4v) is 2.24. The average Bonchev–Trinajstić information content (AvgIpc) is 2.60. The lowest BCUT2D eigenvalue weighted by Gasteiger charge is -2.08. The highest BCUT2D eigenvalue weighted by Gasteiger charge is 2.07. The Balaban J connectivity index is 2.30. The molecule has 0 saturated carbocycles. The molecule has 94 valence electrons. The second-order valence-corrected chi connectivity index (χ2v) is 5.28. The minimum absolute atomic E-state index is 0.389. The first-order chi connectivity index (χ1) is 8.47. The van der Waals surface area contributed by atoms with Gasteiger partial charge >= 0.3 is 0 Å². The fraction of sp³-hybridized carbons (Fsp3) is 0.167. The molecule has 0 atom stereocenters. The lowest BCUT2D eigenvalue weighted by atomic mass is 10.2. The van der Waals surface area contributed by atoms with Crippen LogP contribution in [0, 0.1) is 6.92 Å². The van der Waals surface area contributed by atoms with Crippen molar-refractivity contribution in [2.75, 3.05) is 5.32 Å². The zero-order valence-electron chi connectivity index (χ0n) is 10.1. The molecule has 0 aliphatic heterocycles. The van der Waals surface area contributed by atoms with Crippen LogP contribution in [-0.2, 0) is 7.05 Å². The van der Waals surface area contributed by atoms with Gasteiger partial charge in [-0.25, -0.2) is 0 Å². The van der Waals surface area contributed by atoms with Crippen LogP contribution in [0.1, 0.15) is 11.3 Å². The van der Waals surface area contributed by atoms with Crippen LogP contribution in [0.2, 0.25) is 0 Å². The Morgan fingerprint density at radius 3 is 2.67 bits per heavy atom. The summed E-state index contributed by atoms with van der Waals surface area (Å²) in [6.07, 6.45) is 1.93. The molecule has 0 aliphatic carbocycles. The zero-order valence-corrected chi connectivity index (χ0v) is 12.5. The summed E-state index contributed by atoms with van der Waals surface area (Å²) in [5.74, 6) is 0. The van der Waals surface area contributed by atoms with Gasteiger partial charge in [0.1, 0.15) is 4.99 Å². The maximum atomic E-state index is 5.59. The average molecular weight is 325 g/mol. The first-order valence-corrected chi connectivity index (χ1v) is 6.54. The number of anilines is 2. The fourth-order valence-electron chi connectivity index (χ4n) is 1.64. The number of aromatic nitrogens is 2. The Morgan fingerprint density at radius 2 is 2.17 bits per heavy atom. The van der Waals surface area contributed by atoms with Gasteiger partial charge in [-0.3, -0.25) is 4.68 Å². The van der Waals surface area contributed by atoms with E-state index in [1.165, 1.54) is 0 Å². The molecule has 6 heteroatoms. The van der Waals surface area contributed by atoms with E-state index in [0.717, 1.165) is 27.1 Å². The van der Waals surface area contributed by atoms with Gasteiger partial charge in [-0.2, -0.15) is 5.10 Å². The summed E-state index contributed by atoms with van der Waals surface area (Å²) in [6.45, 7) is 1.96. The number of hydrogen-bond acceptors (Lipinski definition) is 3. The smallest absolute Gasteiger partial charge is 0.104 e. The number of nitrogens with two attached hydrogens (primary N) is 1. The molecule has 0 bridgehead atoms. The van der Waals surface area contributed by atoms with Gasteiger partial charge in [0.15, 0.2) is 0 Å². The number of nitrogens with one attached hydrogen (secondary N) is 1. The van der Waals surface area contributed by atoms with Crippen molar-refractivity contribution in [1.29, 1.82) is 0 Å². The SMILES string of the molecule is Cc1nn(C)cc1Nc1ccc(C(N)=S)cc1Br. The van der Waals surface area contributed by atoms with Crippen LogP contribution in [0.3, 0.4) is 0 Å². The molecule has 1 heterocycles. The third-order valence-electron chi connectivity index (χ3n) is 2.54. The highest BCUT2D eigenvalue weighted by molar-refractivity contribution is 9.10. The molecule has 2 aromatic rings. The second kappa shape index (κ2) is 5.07. The van der Waals surface area contributed by atoms with E-state index in [4.69, 9.17) is 18.0 Å². The van der Waals surface area contributed by atoms with Gasteiger partial charge in [0.05, 0.1) is 17.1 Å². The summed E-state index contributed by atoms with van der Waals surface area (Å²) in [7, 11) is 1.89. The standard InChI is InChI=1S/C12H13BrN4S/c1-7-11(6-17(2)16-7)15-10-4-3-8(12(14)18)5-9(10)13/h3-6,15H,1-2H3,(H2,14,18). The molecule has 0 aliphatic rings. The molecule has 0 amide bonds. The van der Waals surface area contributed by atoms with Gasteiger partial charge in [-0.05, 0) is 41.1 Å². The van der Waals surface area contributed by atoms with E-state index in [1.807, 2.05) is 38.4 Å². The first-order valence-electron chi connectivity index (χ1n) is 5.34. The van der Waals surface area contributed by atoms with E-state index in [-0.39, 0.29) is 0 Å². The van der Waals surface area contributed by atoms with Gasteiger partial charge in [0.2, 0.25) is 0 Å². The van der Waals surface area contributed by atoms with Crippen LogP contribution in [0.25, 0.3) is 0 Å². The van der Waals surface area contributed by atoms with E-state index >= 15 is 0 Å². The molecular weight excluding hydrogens is 312 g/mol. The molecule has 3 N–H and O–H groups in total. The van der Waals surface area contributed by atoms with Crippen LogP contribution in [-0.4, -0.2) is 14.8 Å². The van der Waals surface area contributed by atoms with E-state index in [2.05, 4.69) is 26.3 Å². The largest absolute Gasteiger partial charge is 0.389 e. The topological polar surface area (TPSA) is 55.9 Å². The minimum atomic E-state index is 0.389. The normalized spacial score (nSPS) is 10.4. The van der Waals surface area contributed by atoms with Crippen LogP contribution in [0.15, 0.2) is 28.9 Å². The van der Waals surface area contributed by atoms with Crippen molar-refractivity contribution in [3.63, 3.8) is 0 Å². The molecule has 1 aromatic heterocycles. The number of benzene rings is 1. The number of rotatable bonds is 3. The van der Waals surface area contributed by atoms with E-state index < -0.39 is 0 Å². The Kier molecular flexibility index (Phi) is 3.68. The van der Waals surface area contributed by atoms with E-state index in [1.54, 1.807) is 4.68 Å². The maximum Gasteiger partial charge on any atom is 0.104 e. The van der Waals surface area contributed by atoms with Crippen LogP contribution in [0.5, 0.6) is 0 Å². The van der Waals surface area contributed by atoms with Crippen LogP contribution < -0.4 is 11.1 Å². The molecular formula is C12H13BrN4S. The molecule has 0 unspecified atom stereocenters. The molecule has 4 nitrogen and oxygen atoms in total. The maximum absolute atomic E-state index is 5.59. The van der Waals surface area contributed by atoms with Crippen molar-refractivity contribution in [2.24, 2.45) is 12.8 Å².